The summed E-state index contributed by atoms with van der Waals surface area (Å²) in [5.74, 6) is -7.70. The van der Waals surface area contributed by atoms with Gasteiger partial charge in [0, 0.05) is 13.1 Å². The molecule has 0 aliphatic carbocycles. The molecule has 0 bridgehead atoms. The zero-order valence-corrected chi connectivity index (χ0v) is 9.02. The van der Waals surface area contributed by atoms with Crippen molar-refractivity contribution in [3.05, 3.63) is 0 Å². The van der Waals surface area contributed by atoms with Gasteiger partial charge in [0.2, 0.25) is 0 Å². The average Bonchev–Trinajstić information content (AvgIpc) is 2.13. The van der Waals surface area contributed by atoms with E-state index >= 15 is 0 Å². The molecule has 0 spiro atoms. The first-order valence-electron chi connectivity index (χ1n) is 4.94. The summed E-state index contributed by atoms with van der Waals surface area (Å²) in [6, 6.07) is 0. The molecule has 1 aliphatic rings. The molecule has 17 heavy (non-hydrogen) atoms. The normalized spacial score (nSPS) is 27.1. The molecule has 0 aromatic rings. The van der Waals surface area contributed by atoms with Gasteiger partial charge in [0.15, 0.2) is 0 Å². The Morgan fingerprint density at radius 1 is 1.29 bits per heavy atom. The molecule has 0 radical (unpaired) electrons. The SMILES string of the molecule is CC1(O)CCCN(C(=O)C(F)(F)C(F)(F)F)C1. The zero-order chi connectivity index (χ0) is 13.5. The molecular weight excluding hydrogens is 249 g/mol. The van der Waals surface area contributed by atoms with Gasteiger partial charge in [-0.3, -0.25) is 4.79 Å². The van der Waals surface area contributed by atoms with E-state index in [0.29, 0.717) is 4.90 Å². The second-order valence-corrected chi connectivity index (χ2v) is 4.40. The number of likely N-dealkylation sites (tertiary alicyclic amines) is 1. The van der Waals surface area contributed by atoms with Crippen LogP contribution in [0, 0.1) is 0 Å². The standard InChI is InChI=1S/C9H12F5NO2/c1-7(17)3-2-4-15(5-7)6(16)8(10,11)9(12,13)14/h17H,2-5H2,1H3. The van der Waals surface area contributed by atoms with Crippen LogP contribution in [0.25, 0.3) is 0 Å². The maximum Gasteiger partial charge on any atom is 0.463 e. The highest BCUT2D eigenvalue weighted by Gasteiger charge is 2.65. The first kappa shape index (κ1) is 14.1. The van der Waals surface area contributed by atoms with Crippen molar-refractivity contribution in [2.45, 2.75) is 37.5 Å². The maximum atomic E-state index is 12.8. The summed E-state index contributed by atoms with van der Waals surface area (Å²) in [6.07, 6.45) is -5.46. The lowest BCUT2D eigenvalue weighted by Crippen LogP contribution is -2.57. The number of alkyl halides is 5. The third kappa shape index (κ3) is 2.85. The van der Waals surface area contributed by atoms with Crippen molar-refractivity contribution >= 4 is 5.91 Å². The minimum atomic E-state index is -5.91. The molecule has 1 unspecified atom stereocenters. The van der Waals surface area contributed by atoms with Crippen molar-refractivity contribution in [2.24, 2.45) is 0 Å². The van der Waals surface area contributed by atoms with Gasteiger partial charge in [-0.25, -0.2) is 0 Å². The molecule has 1 aliphatic heterocycles. The number of amides is 1. The zero-order valence-electron chi connectivity index (χ0n) is 9.02. The summed E-state index contributed by atoms with van der Waals surface area (Å²) in [4.78, 5) is 11.5. The van der Waals surface area contributed by atoms with Crippen LogP contribution in [0.2, 0.25) is 0 Å². The van der Waals surface area contributed by atoms with Gasteiger partial charge in [0.1, 0.15) is 0 Å². The van der Waals surface area contributed by atoms with Gasteiger partial charge >= 0.3 is 18.0 Å². The van der Waals surface area contributed by atoms with Crippen molar-refractivity contribution in [1.82, 2.24) is 4.90 Å². The number of piperidine rings is 1. The number of hydrogen-bond acceptors (Lipinski definition) is 2. The van der Waals surface area contributed by atoms with Crippen molar-refractivity contribution in [3.8, 4) is 0 Å². The molecule has 1 heterocycles. The van der Waals surface area contributed by atoms with E-state index in [9.17, 15) is 31.9 Å². The molecule has 1 atom stereocenters. The Bertz CT molecular complexity index is 313. The van der Waals surface area contributed by atoms with Gasteiger partial charge in [0.25, 0.3) is 0 Å². The van der Waals surface area contributed by atoms with E-state index in [1.807, 2.05) is 0 Å². The van der Waals surface area contributed by atoms with Crippen molar-refractivity contribution in [3.63, 3.8) is 0 Å². The molecule has 0 saturated carbocycles. The molecule has 1 fully saturated rings. The van der Waals surface area contributed by atoms with E-state index in [1.54, 1.807) is 0 Å². The Morgan fingerprint density at radius 2 is 1.82 bits per heavy atom. The van der Waals surface area contributed by atoms with Crippen LogP contribution in [0.1, 0.15) is 19.8 Å². The largest absolute Gasteiger partial charge is 0.463 e. The van der Waals surface area contributed by atoms with E-state index < -0.39 is 30.2 Å². The van der Waals surface area contributed by atoms with Crippen LogP contribution in [0.3, 0.4) is 0 Å². The van der Waals surface area contributed by atoms with Crippen LogP contribution in [-0.4, -0.2) is 46.7 Å². The van der Waals surface area contributed by atoms with Gasteiger partial charge in [-0.05, 0) is 19.8 Å². The monoisotopic (exact) mass is 261 g/mol. The number of rotatable bonds is 1. The Kier molecular flexibility index (Phi) is 3.39. The number of hydrogen-bond donors (Lipinski definition) is 1. The number of halogens is 5. The molecule has 1 amide bonds. The van der Waals surface area contributed by atoms with Crippen LogP contribution in [0.15, 0.2) is 0 Å². The van der Waals surface area contributed by atoms with Gasteiger partial charge in [0.05, 0.1) is 5.60 Å². The number of carbonyl (C=O) groups is 1. The molecule has 1 N–H and O–H groups in total. The lowest BCUT2D eigenvalue weighted by molar-refractivity contribution is -0.275. The summed E-state index contributed by atoms with van der Waals surface area (Å²) < 4.78 is 61.4. The Balaban J connectivity index is 2.84. The Morgan fingerprint density at radius 3 is 2.24 bits per heavy atom. The fourth-order valence-electron chi connectivity index (χ4n) is 1.71. The minimum absolute atomic E-state index is 0.187. The first-order chi connectivity index (χ1) is 7.47. The van der Waals surface area contributed by atoms with E-state index in [0.717, 1.165) is 0 Å². The quantitative estimate of drug-likeness (QED) is 0.728. The molecule has 8 heteroatoms. The summed E-state index contributed by atoms with van der Waals surface area (Å²) in [7, 11) is 0. The van der Waals surface area contributed by atoms with E-state index in [-0.39, 0.29) is 19.4 Å². The van der Waals surface area contributed by atoms with Crippen LogP contribution in [0.4, 0.5) is 22.0 Å². The first-order valence-corrected chi connectivity index (χ1v) is 4.94. The molecule has 1 saturated heterocycles. The van der Waals surface area contributed by atoms with Gasteiger partial charge in [-0.15, -0.1) is 0 Å². The van der Waals surface area contributed by atoms with Crippen LogP contribution < -0.4 is 0 Å². The average molecular weight is 261 g/mol. The fourth-order valence-corrected chi connectivity index (χ4v) is 1.71. The second-order valence-electron chi connectivity index (χ2n) is 4.40. The third-order valence-corrected chi connectivity index (χ3v) is 2.59. The fraction of sp³-hybridized carbons (Fsp3) is 0.889. The number of β-amino-alcohol motifs (C(OH)–C–C–N with tert-alkyl or cyclic N) is 1. The van der Waals surface area contributed by atoms with Gasteiger partial charge < -0.3 is 10.0 Å². The number of nitrogens with zero attached hydrogens (tertiary/aromatic N) is 1. The maximum absolute atomic E-state index is 12.8. The highest BCUT2D eigenvalue weighted by Crippen LogP contribution is 2.37. The van der Waals surface area contributed by atoms with Crippen molar-refractivity contribution in [2.75, 3.05) is 13.1 Å². The van der Waals surface area contributed by atoms with Gasteiger partial charge in [-0.2, -0.15) is 22.0 Å². The highest BCUT2D eigenvalue weighted by molar-refractivity contribution is 5.84. The van der Waals surface area contributed by atoms with Crippen LogP contribution in [0.5, 0.6) is 0 Å². The molecule has 3 nitrogen and oxygen atoms in total. The van der Waals surface area contributed by atoms with E-state index in [1.165, 1.54) is 6.92 Å². The molecule has 100 valence electrons. The third-order valence-electron chi connectivity index (χ3n) is 2.59. The molecule has 0 aromatic carbocycles. The summed E-state index contributed by atoms with van der Waals surface area (Å²) >= 11 is 0. The van der Waals surface area contributed by atoms with E-state index in [2.05, 4.69) is 0 Å². The Hall–Kier alpha value is -0.920. The number of aliphatic hydroxyl groups is 1. The lowest BCUT2D eigenvalue weighted by Gasteiger charge is -2.38. The topological polar surface area (TPSA) is 40.5 Å². The smallest absolute Gasteiger partial charge is 0.388 e. The predicted molar refractivity (Wildman–Crippen MR) is 47.4 cm³/mol. The molecular formula is C9H12F5NO2. The predicted octanol–water partition coefficient (Wildman–Crippen LogP) is 1.56. The van der Waals surface area contributed by atoms with Crippen molar-refractivity contribution in [1.29, 1.82) is 0 Å². The van der Waals surface area contributed by atoms with Crippen LogP contribution >= 0.6 is 0 Å². The summed E-state index contributed by atoms with van der Waals surface area (Å²) in [5, 5.41) is 9.54. The number of carbonyl (C=O) groups excluding carboxylic acids is 1. The second kappa shape index (κ2) is 4.08. The molecule has 1 rings (SSSR count). The lowest BCUT2D eigenvalue weighted by atomic mass is 9.95. The van der Waals surface area contributed by atoms with Crippen LogP contribution in [-0.2, 0) is 4.79 Å². The summed E-state index contributed by atoms with van der Waals surface area (Å²) in [5.41, 5.74) is -1.42. The minimum Gasteiger partial charge on any atom is -0.388 e. The van der Waals surface area contributed by atoms with Gasteiger partial charge in [-0.1, -0.05) is 0 Å². The molecule has 0 aromatic heterocycles. The Labute approximate surface area is 94.2 Å². The van der Waals surface area contributed by atoms with E-state index in [4.69, 9.17) is 0 Å². The summed E-state index contributed by atoms with van der Waals surface area (Å²) in [6.45, 7) is 0.566. The van der Waals surface area contributed by atoms with Crippen molar-refractivity contribution < 1.29 is 31.9 Å². The highest BCUT2D eigenvalue weighted by atomic mass is 19.4.